The molecule has 2 fully saturated rings. The fraction of sp³-hybridized carbons (Fsp3) is 0.500. The van der Waals surface area contributed by atoms with Crippen molar-refractivity contribution < 1.29 is 33.2 Å². The molecule has 0 radical (unpaired) electrons. The highest BCUT2D eigenvalue weighted by atomic mass is 19.1. The molecule has 3 heterocycles. The number of morpholine rings is 1. The minimum absolute atomic E-state index is 0.0137. The number of likely N-dealkylation sites (N-methyl/N-ethyl adjacent to an activating group) is 1. The molecule has 3 aliphatic rings. The summed E-state index contributed by atoms with van der Waals surface area (Å²) in [5, 5.41) is 23.1. The van der Waals surface area contributed by atoms with Gasteiger partial charge in [-0.2, -0.15) is 9.97 Å². The van der Waals surface area contributed by atoms with E-state index in [1.807, 2.05) is 45.7 Å². The molecule has 2 atom stereocenters. The van der Waals surface area contributed by atoms with Crippen LogP contribution in [0.3, 0.4) is 0 Å². The molecular weight excluding hydrogens is 644 g/mol. The van der Waals surface area contributed by atoms with E-state index in [1.54, 1.807) is 19.1 Å². The number of aromatic nitrogens is 2. The average molecular weight is 692 g/mol. The number of halogens is 2. The molecule has 1 aliphatic carbocycles. The molecule has 0 bridgehead atoms. The number of phenols is 1. The monoisotopic (exact) mass is 691 g/mol. The molecule has 50 heavy (non-hydrogen) atoms. The van der Waals surface area contributed by atoms with Crippen LogP contribution in [0.1, 0.15) is 63.4 Å². The van der Waals surface area contributed by atoms with E-state index in [9.17, 15) is 10.2 Å². The maximum absolute atomic E-state index is 17.7. The lowest BCUT2D eigenvalue weighted by Gasteiger charge is -2.33. The Bertz CT molecular complexity index is 1860. The van der Waals surface area contributed by atoms with E-state index in [4.69, 9.17) is 24.2 Å². The van der Waals surface area contributed by atoms with E-state index >= 15 is 8.78 Å². The Balaban J connectivity index is 1.59. The number of aryl methyl sites for hydroxylation is 1. The van der Waals surface area contributed by atoms with Crippen LogP contribution >= 0.6 is 0 Å². The molecule has 10 nitrogen and oxygen atoms in total. The lowest BCUT2D eigenvalue weighted by atomic mass is 9.81. The van der Waals surface area contributed by atoms with Crippen LogP contribution < -0.4 is 9.64 Å². The number of aromatic hydroxyl groups is 1. The third kappa shape index (κ3) is 7.25. The molecule has 2 N–H and O–H groups in total. The van der Waals surface area contributed by atoms with Gasteiger partial charge in [0.15, 0.2) is 5.83 Å². The summed E-state index contributed by atoms with van der Waals surface area (Å²) in [5.74, 6) is -0.828. The van der Waals surface area contributed by atoms with Gasteiger partial charge >= 0.3 is 6.01 Å². The number of benzene rings is 2. The first kappa shape index (κ1) is 35.8. The van der Waals surface area contributed by atoms with E-state index in [0.29, 0.717) is 77.2 Å². The van der Waals surface area contributed by atoms with Crippen LogP contribution in [0.4, 0.5) is 14.6 Å². The third-order valence-electron chi connectivity index (χ3n) is 9.27. The maximum Gasteiger partial charge on any atom is 0.319 e. The second-order valence-electron chi connectivity index (χ2n) is 13.9. The first-order valence-electron chi connectivity index (χ1n) is 17.4. The minimum Gasteiger partial charge on any atom is -0.508 e. The third-order valence-corrected chi connectivity index (χ3v) is 9.27. The first-order valence-corrected chi connectivity index (χ1v) is 17.4. The number of ether oxygens (including phenoxy) is 3. The number of β-amino-alcohol motifs (C(OH)–C–C–N with tert-alkyl or cyclic N) is 1. The number of phenolic OH excluding ortho intramolecular Hbond substituents is 1. The number of rotatable bonds is 8. The Hall–Kier alpha value is -3.97. The summed E-state index contributed by atoms with van der Waals surface area (Å²) in [7, 11) is 2.05. The predicted octanol–water partition coefficient (Wildman–Crippen LogP) is 5.83. The maximum atomic E-state index is 17.7. The number of anilines is 1. The largest absolute Gasteiger partial charge is 0.508 e. The zero-order valence-electron chi connectivity index (χ0n) is 29.7. The quantitative estimate of drug-likeness (QED) is 0.302. The van der Waals surface area contributed by atoms with E-state index in [1.165, 1.54) is 12.1 Å². The summed E-state index contributed by atoms with van der Waals surface area (Å²) in [6.45, 7) is 12.7. The predicted molar refractivity (Wildman–Crippen MR) is 192 cm³/mol. The molecule has 0 saturated carbocycles. The van der Waals surface area contributed by atoms with Crippen molar-refractivity contribution in [1.29, 1.82) is 0 Å². The van der Waals surface area contributed by atoms with Crippen molar-refractivity contribution in [2.75, 3.05) is 64.6 Å². The van der Waals surface area contributed by atoms with Crippen molar-refractivity contribution in [3.63, 3.8) is 0 Å². The average Bonchev–Trinajstić information content (AvgIpc) is 3.25. The Morgan fingerprint density at radius 3 is 2.70 bits per heavy atom. The first-order chi connectivity index (χ1) is 23.9. The molecule has 12 heteroatoms. The topological polar surface area (TPSA) is 113 Å². The van der Waals surface area contributed by atoms with Crippen LogP contribution in [0, 0.1) is 5.82 Å². The van der Waals surface area contributed by atoms with Gasteiger partial charge < -0.3 is 34.2 Å². The Morgan fingerprint density at radius 1 is 1.18 bits per heavy atom. The SMILES string of the molecule is C/C=C1\C(=NC(C)C)C(c2cc(O)cc3ccc(F)c(CC)c23)=C(F)c2nc(OCCC3CN(C)CCO3)nc(N3CCOCC(C)(O)C3)c21. The number of aliphatic hydroxyl groups is 1. The van der Waals surface area contributed by atoms with Crippen LogP contribution in [0.15, 0.2) is 35.3 Å². The van der Waals surface area contributed by atoms with Gasteiger partial charge in [0.05, 0.1) is 50.4 Å². The Kier molecular flexibility index (Phi) is 10.5. The van der Waals surface area contributed by atoms with Gasteiger partial charge in [0.25, 0.3) is 0 Å². The second kappa shape index (κ2) is 14.7. The highest BCUT2D eigenvalue weighted by Gasteiger charge is 2.38. The lowest BCUT2D eigenvalue weighted by Crippen LogP contribution is -2.42. The number of aliphatic imine (C=N–C) groups is 1. The number of hydrogen-bond donors (Lipinski definition) is 2. The van der Waals surface area contributed by atoms with E-state index in [2.05, 4.69) is 9.88 Å². The minimum atomic E-state index is -1.21. The zero-order valence-corrected chi connectivity index (χ0v) is 29.7. The molecule has 1 aromatic heterocycles. The van der Waals surface area contributed by atoms with Gasteiger partial charge in [-0.15, -0.1) is 0 Å². The van der Waals surface area contributed by atoms with Crippen molar-refractivity contribution >= 4 is 39.3 Å². The number of nitrogens with zero attached hydrogens (tertiary/aromatic N) is 5. The van der Waals surface area contributed by atoms with Gasteiger partial charge in [0.1, 0.15) is 28.7 Å². The fourth-order valence-electron chi connectivity index (χ4n) is 7.07. The summed E-state index contributed by atoms with van der Waals surface area (Å²) < 4.78 is 50.8. The van der Waals surface area contributed by atoms with Crippen molar-refractivity contribution in [2.45, 2.75) is 65.2 Å². The molecule has 268 valence electrons. The van der Waals surface area contributed by atoms with Gasteiger partial charge in [0.2, 0.25) is 0 Å². The summed E-state index contributed by atoms with van der Waals surface area (Å²) >= 11 is 0. The van der Waals surface area contributed by atoms with Gasteiger partial charge in [-0.25, -0.2) is 8.78 Å². The molecule has 2 unspecified atom stereocenters. The van der Waals surface area contributed by atoms with Gasteiger partial charge in [0, 0.05) is 43.2 Å². The number of fused-ring (bicyclic) bond motifs is 2. The van der Waals surface area contributed by atoms with E-state index < -0.39 is 17.2 Å². The molecule has 0 amide bonds. The highest BCUT2D eigenvalue weighted by Crippen LogP contribution is 2.48. The fourth-order valence-corrected chi connectivity index (χ4v) is 7.07. The normalized spacial score (nSPS) is 23.6. The van der Waals surface area contributed by atoms with Crippen LogP contribution in [-0.4, -0.2) is 108 Å². The molecule has 6 rings (SSSR count). The number of allylic oxidation sites excluding steroid dienone is 3. The summed E-state index contributed by atoms with van der Waals surface area (Å²) in [6.07, 6.45) is 2.75. The zero-order chi connectivity index (χ0) is 35.7. The highest BCUT2D eigenvalue weighted by molar-refractivity contribution is 6.51. The van der Waals surface area contributed by atoms with Crippen molar-refractivity contribution in [2.24, 2.45) is 4.99 Å². The van der Waals surface area contributed by atoms with Gasteiger partial charge in [-0.3, -0.25) is 4.99 Å². The smallest absolute Gasteiger partial charge is 0.319 e. The Morgan fingerprint density at radius 2 is 1.98 bits per heavy atom. The molecule has 2 aromatic carbocycles. The summed E-state index contributed by atoms with van der Waals surface area (Å²) in [4.78, 5) is 18.6. The molecule has 0 spiro atoms. The van der Waals surface area contributed by atoms with E-state index in [0.717, 1.165) is 13.1 Å². The van der Waals surface area contributed by atoms with Crippen LogP contribution in [0.5, 0.6) is 11.8 Å². The summed E-state index contributed by atoms with van der Waals surface area (Å²) in [6, 6.07) is 5.69. The van der Waals surface area contributed by atoms with E-state index in [-0.39, 0.29) is 54.9 Å². The molecular formula is C38H47F2N5O5. The lowest BCUT2D eigenvalue weighted by molar-refractivity contribution is -0.0288. The van der Waals surface area contributed by atoms with Crippen molar-refractivity contribution in [3.8, 4) is 11.8 Å². The van der Waals surface area contributed by atoms with Crippen LogP contribution in [0.2, 0.25) is 0 Å². The Labute approximate surface area is 292 Å². The van der Waals surface area contributed by atoms with Gasteiger partial charge in [-0.05, 0) is 81.3 Å². The number of hydrogen-bond acceptors (Lipinski definition) is 10. The standard InChI is InChI=1S/C38H47F2N5O5/c1-7-26-29(39)10-9-23-17-24(46)18-28(30(23)26)31-33(40)35-32(27(8-2)34(31)41-22(3)4)36(45-13-15-48-21-38(5,47)20-45)43-37(42-35)50-14-11-25-19-44(6)12-16-49-25/h8-10,17-18,22,25,46-47H,7,11-16,19-21H2,1-6H3/b27-8-,41-34?. The van der Waals surface area contributed by atoms with Crippen LogP contribution in [-0.2, 0) is 15.9 Å². The second-order valence-corrected chi connectivity index (χ2v) is 13.9. The molecule has 3 aromatic rings. The summed E-state index contributed by atoms with van der Waals surface area (Å²) in [5.41, 5.74) is 0.902. The molecule has 2 saturated heterocycles. The van der Waals surface area contributed by atoms with Crippen LogP contribution in [0.25, 0.3) is 27.7 Å². The van der Waals surface area contributed by atoms with Crippen molar-refractivity contribution in [1.82, 2.24) is 14.9 Å². The van der Waals surface area contributed by atoms with Gasteiger partial charge in [-0.1, -0.05) is 19.1 Å². The molecule has 2 aliphatic heterocycles. The van der Waals surface area contributed by atoms with Crippen molar-refractivity contribution in [3.05, 3.63) is 58.5 Å².